The Balaban J connectivity index is 2.65. The van der Waals surface area contributed by atoms with E-state index in [9.17, 15) is 9.59 Å². The van der Waals surface area contributed by atoms with E-state index in [4.69, 9.17) is 17.3 Å². The summed E-state index contributed by atoms with van der Waals surface area (Å²) in [4.78, 5) is 22.7. The number of benzene rings is 1. The molecule has 0 unspecified atom stereocenters. The Hall–Kier alpha value is -1.20. The van der Waals surface area contributed by atoms with Crippen molar-refractivity contribution in [3.8, 4) is 0 Å². The average Bonchev–Trinajstić information content (AvgIpc) is 2.25. The van der Waals surface area contributed by atoms with Crippen LogP contribution in [0.5, 0.6) is 0 Å². The van der Waals surface area contributed by atoms with Crippen molar-refractivity contribution < 1.29 is 9.59 Å². The fraction of sp³-hybridized carbons (Fsp3) is 0.385. The second kappa shape index (κ2) is 6.30. The highest BCUT2D eigenvalue weighted by Crippen LogP contribution is 2.24. The minimum atomic E-state index is -0.592. The number of carbonyl (C=O) groups excluding carboxylic acids is 2. The van der Waals surface area contributed by atoms with Gasteiger partial charge in [0.25, 0.3) is 0 Å². The van der Waals surface area contributed by atoms with E-state index >= 15 is 0 Å². The summed E-state index contributed by atoms with van der Waals surface area (Å²) < 4.78 is 0.0326. The molecule has 2 amide bonds. The van der Waals surface area contributed by atoms with E-state index in [1.165, 1.54) is 12.1 Å². The molecule has 0 aliphatic rings. The van der Waals surface area contributed by atoms with Gasteiger partial charge in [0, 0.05) is 10.4 Å². The van der Waals surface area contributed by atoms with Crippen molar-refractivity contribution in [2.75, 3.05) is 11.1 Å². The van der Waals surface area contributed by atoms with Crippen LogP contribution in [0.4, 0.5) is 5.69 Å². The van der Waals surface area contributed by atoms with E-state index in [1.54, 1.807) is 17.8 Å². The van der Waals surface area contributed by atoms with Crippen molar-refractivity contribution in [3.05, 3.63) is 28.8 Å². The largest absolute Gasteiger partial charge is 0.366 e. The van der Waals surface area contributed by atoms with Crippen LogP contribution in [0.15, 0.2) is 18.2 Å². The molecule has 0 aliphatic carbocycles. The van der Waals surface area contributed by atoms with Gasteiger partial charge in [-0.05, 0) is 18.2 Å². The van der Waals surface area contributed by atoms with Gasteiger partial charge in [-0.25, -0.2) is 0 Å². The van der Waals surface area contributed by atoms with Gasteiger partial charge in [-0.2, -0.15) is 0 Å². The van der Waals surface area contributed by atoms with Gasteiger partial charge in [-0.15, -0.1) is 11.8 Å². The summed E-state index contributed by atoms with van der Waals surface area (Å²) in [6.45, 7) is 6.14. The number of thioether (sulfide) groups is 1. The zero-order valence-electron chi connectivity index (χ0n) is 11.1. The molecule has 3 N–H and O–H groups in total. The van der Waals surface area contributed by atoms with Crippen LogP contribution >= 0.6 is 23.4 Å². The van der Waals surface area contributed by atoms with Gasteiger partial charge in [0.1, 0.15) is 0 Å². The molecule has 0 radical (unpaired) electrons. The summed E-state index contributed by atoms with van der Waals surface area (Å²) in [5, 5.41) is 2.96. The number of anilines is 1. The maximum atomic E-state index is 11.7. The number of primary amides is 1. The predicted molar refractivity (Wildman–Crippen MR) is 80.8 cm³/mol. The van der Waals surface area contributed by atoms with E-state index in [2.05, 4.69) is 5.32 Å². The Bertz CT molecular complexity index is 498. The molecule has 0 aromatic heterocycles. The van der Waals surface area contributed by atoms with Crippen molar-refractivity contribution in [3.63, 3.8) is 0 Å². The molecular formula is C13H17ClN2O2S. The summed E-state index contributed by atoms with van der Waals surface area (Å²) in [6.07, 6.45) is 0. The zero-order chi connectivity index (χ0) is 14.6. The Morgan fingerprint density at radius 1 is 1.37 bits per heavy atom. The lowest BCUT2D eigenvalue weighted by molar-refractivity contribution is -0.113. The first-order valence-corrected chi connectivity index (χ1v) is 7.08. The quantitative estimate of drug-likeness (QED) is 0.898. The van der Waals surface area contributed by atoms with E-state index < -0.39 is 5.91 Å². The third-order valence-corrected chi connectivity index (χ3v) is 3.74. The predicted octanol–water partition coefficient (Wildman–Crippen LogP) is 2.91. The van der Waals surface area contributed by atoms with Gasteiger partial charge >= 0.3 is 0 Å². The molecule has 0 saturated carbocycles. The molecule has 0 fully saturated rings. The maximum absolute atomic E-state index is 11.7. The second-order valence-corrected chi connectivity index (χ2v) is 7.22. The van der Waals surface area contributed by atoms with Gasteiger partial charge in [0.05, 0.1) is 16.3 Å². The third kappa shape index (κ3) is 5.53. The molecule has 0 saturated heterocycles. The molecule has 6 heteroatoms. The van der Waals surface area contributed by atoms with Crippen LogP contribution in [0.25, 0.3) is 0 Å². The van der Waals surface area contributed by atoms with Crippen LogP contribution in [0.1, 0.15) is 31.1 Å². The van der Waals surface area contributed by atoms with Gasteiger partial charge in [-0.1, -0.05) is 32.4 Å². The molecular weight excluding hydrogens is 284 g/mol. The maximum Gasteiger partial charge on any atom is 0.250 e. The number of amides is 2. The molecule has 104 valence electrons. The molecule has 1 rings (SSSR count). The number of nitrogens with one attached hydrogen (secondary N) is 1. The molecule has 19 heavy (non-hydrogen) atoms. The average molecular weight is 301 g/mol. The number of rotatable bonds is 4. The van der Waals surface area contributed by atoms with Crippen molar-refractivity contribution in [1.82, 2.24) is 0 Å². The van der Waals surface area contributed by atoms with Gasteiger partial charge in [0.2, 0.25) is 11.8 Å². The van der Waals surface area contributed by atoms with Crippen LogP contribution in [0.3, 0.4) is 0 Å². The summed E-state index contributed by atoms with van der Waals surface area (Å²) >= 11 is 7.45. The van der Waals surface area contributed by atoms with Crippen molar-refractivity contribution in [2.45, 2.75) is 25.5 Å². The van der Waals surface area contributed by atoms with E-state index in [0.29, 0.717) is 11.4 Å². The summed E-state index contributed by atoms with van der Waals surface area (Å²) in [7, 11) is 0. The minimum absolute atomic E-state index is 0.0326. The zero-order valence-corrected chi connectivity index (χ0v) is 12.7. The highest BCUT2D eigenvalue weighted by Gasteiger charge is 2.14. The van der Waals surface area contributed by atoms with Crippen LogP contribution in [0, 0.1) is 0 Å². The molecule has 0 heterocycles. The first-order valence-electron chi connectivity index (χ1n) is 5.72. The van der Waals surface area contributed by atoms with E-state index in [0.717, 1.165) is 0 Å². The normalized spacial score (nSPS) is 11.2. The van der Waals surface area contributed by atoms with Crippen LogP contribution < -0.4 is 11.1 Å². The molecule has 0 spiro atoms. The summed E-state index contributed by atoms with van der Waals surface area (Å²) in [5.41, 5.74) is 5.94. The van der Waals surface area contributed by atoms with Gasteiger partial charge in [0.15, 0.2) is 0 Å². The van der Waals surface area contributed by atoms with Gasteiger partial charge < -0.3 is 11.1 Å². The molecule has 0 aliphatic heterocycles. The SMILES string of the molecule is CC(C)(C)SCC(=O)Nc1ccc(C(N)=O)c(Cl)c1. The monoisotopic (exact) mass is 300 g/mol. The Labute approximate surface area is 122 Å². The number of hydrogen-bond acceptors (Lipinski definition) is 3. The molecule has 0 bridgehead atoms. The number of hydrogen-bond donors (Lipinski definition) is 2. The highest BCUT2D eigenvalue weighted by atomic mass is 35.5. The summed E-state index contributed by atoms with van der Waals surface area (Å²) in [6, 6.07) is 4.62. The van der Waals surface area contributed by atoms with Gasteiger partial charge in [-0.3, -0.25) is 9.59 Å². The number of nitrogens with two attached hydrogens (primary N) is 1. The fourth-order valence-electron chi connectivity index (χ4n) is 1.27. The Morgan fingerprint density at radius 3 is 2.47 bits per heavy atom. The molecule has 1 aromatic carbocycles. The lowest BCUT2D eigenvalue weighted by atomic mass is 10.2. The van der Waals surface area contributed by atoms with Crippen molar-refractivity contribution >= 4 is 40.9 Å². The first kappa shape index (κ1) is 15.9. The minimum Gasteiger partial charge on any atom is -0.366 e. The van der Waals surface area contributed by atoms with Crippen molar-refractivity contribution in [2.24, 2.45) is 5.73 Å². The Kier molecular flexibility index (Phi) is 5.26. The fourth-order valence-corrected chi connectivity index (χ4v) is 2.18. The highest BCUT2D eigenvalue weighted by molar-refractivity contribution is 8.01. The standard InChI is InChI=1S/C13H17ClN2O2S/c1-13(2,3)19-7-11(17)16-8-4-5-9(12(15)18)10(14)6-8/h4-6H,7H2,1-3H3,(H2,15,18)(H,16,17). The van der Waals surface area contributed by atoms with E-state index in [-0.39, 0.29) is 21.2 Å². The first-order chi connectivity index (χ1) is 8.69. The topological polar surface area (TPSA) is 72.2 Å². The van der Waals surface area contributed by atoms with E-state index in [1.807, 2.05) is 20.8 Å². The molecule has 4 nitrogen and oxygen atoms in total. The third-order valence-electron chi connectivity index (χ3n) is 2.15. The van der Waals surface area contributed by atoms with Crippen LogP contribution in [-0.4, -0.2) is 22.3 Å². The lowest BCUT2D eigenvalue weighted by Gasteiger charge is -2.17. The summed E-state index contributed by atoms with van der Waals surface area (Å²) in [5.74, 6) is -0.340. The second-order valence-electron chi connectivity index (χ2n) is 5.01. The molecule has 1 aromatic rings. The lowest BCUT2D eigenvalue weighted by Crippen LogP contribution is -2.19. The smallest absolute Gasteiger partial charge is 0.250 e. The number of halogens is 1. The van der Waals surface area contributed by atoms with Crippen LogP contribution in [0.2, 0.25) is 5.02 Å². The van der Waals surface area contributed by atoms with Crippen LogP contribution in [-0.2, 0) is 4.79 Å². The van der Waals surface area contributed by atoms with Crippen molar-refractivity contribution in [1.29, 1.82) is 0 Å². The number of carbonyl (C=O) groups is 2. The molecule has 0 atom stereocenters. The Morgan fingerprint density at radius 2 is 2.00 bits per heavy atom.